The molecule has 0 atom stereocenters. The van der Waals surface area contributed by atoms with Crippen molar-refractivity contribution in [2.24, 2.45) is 7.05 Å². The van der Waals surface area contributed by atoms with Crippen molar-refractivity contribution in [2.45, 2.75) is 18.9 Å². The molecule has 3 heterocycles. The number of nitriles is 1. The van der Waals surface area contributed by atoms with E-state index in [1.807, 2.05) is 0 Å². The number of piperidine rings is 1. The van der Waals surface area contributed by atoms with Crippen molar-refractivity contribution in [2.75, 3.05) is 18.0 Å². The van der Waals surface area contributed by atoms with E-state index in [4.69, 9.17) is 5.26 Å². The Hall–Kier alpha value is -3.54. The van der Waals surface area contributed by atoms with Crippen molar-refractivity contribution in [3.8, 4) is 6.07 Å². The SMILES string of the molecule is Cn1c(=O)c(=O)n(C2CCN(c3c(F)cc(C#N)cc3F)CC2)c2ncccc21. The fourth-order valence-electron chi connectivity index (χ4n) is 3.91. The van der Waals surface area contributed by atoms with E-state index in [-0.39, 0.29) is 17.3 Å². The highest BCUT2D eigenvalue weighted by molar-refractivity contribution is 5.70. The number of aromatic nitrogens is 3. The summed E-state index contributed by atoms with van der Waals surface area (Å²) in [5.41, 5.74) is -0.605. The standard InChI is InChI=1S/C20H17F2N5O2/c1-25-16-3-2-6-24-18(16)27(20(29)19(25)28)13-4-7-26(8-5-13)17-14(21)9-12(11-23)10-15(17)22/h2-3,6,9-10,13H,4-5,7-8H2,1H3. The quantitative estimate of drug-likeness (QED) is 0.619. The minimum atomic E-state index is -0.794. The summed E-state index contributed by atoms with van der Waals surface area (Å²) < 4.78 is 31.3. The third kappa shape index (κ3) is 3.06. The maximum absolute atomic E-state index is 14.3. The van der Waals surface area contributed by atoms with Gasteiger partial charge < -0.3 is 9.47 Å². The van der Waals surface area contributed by atoms with Crippen LogP contribution in [0.1, 0.15) is 24.4 Å². The summed E-state index contributed by atoms with van der Waals surface area (Å²) in [6, 6.07) is 6.84. The lowest BCUT2D eigenvalue weighted by Crippen LogP contribution is -2.45. The summed E-state index contributed by atoms with van der Waals surface area (Å²) in [4.78, 5) is 30.8. The van der Waals surface area contributed by atoms with Gasteiger partial charge in [-0.3, -0.25) is 14.2 Å². The van der Waals surface area contributed by atoms with Gasteiger partial charge in [-0.05, 0) is 37.1 Å². The van der Waals surface area contributed by atoms with Crippen LogP contribution in [0.5, 0.6) is 0 Å². The van der Waals surface area contributed by atoms with Crippen molar-refractivity contribution in [1.29, 1.82) is 5.26 Å². The topological polar surface area (TPSA) is 83.9 Å². The van der Waals surface area contributed by atoms with E-state index in [2.05, 4.69) is 4.98 Å². The molecule has 148 valence electrons. The number of rotatable bonds is 2. The van der Waals surface area contributed by atoms with Gasteiger partial charge in [-0.25, -0.2) is 13.8 Å². The molecular weight excluding hydrogens is 380 g/mol. The molecule has 1 saturated heterocycles. The highest BCUT2D eigenvalue weighted by atomic mass is 19.1. The lowest BCUT2D eigenvalue weighted by Gasteiger charge is -2.35. The van der Waals surface area contributed by atoms with E-state index in [1.54, 1.807) is 29.3 Å². The predicted octanol–water partition coefficient (Wildman–Crippen LogP) is 2.09. The van der Waals surface area contributed by atoms with E-state index in [1.165, 1.54) is 16.2 Å². The minimum absolute atomic E-state index is 0.0807. The van der Waals surface area contributed by atoms with Crippen molar-refractivity contribution >= 4 is 16.9 Å². The Labute approximate surface area is 164 Å². The number of aryl methyl sites for hydroxylation is 1. The summed E-state index contributed by atoms with van der Waals surface area (Å²) in [6.07, 6.45) is 2.38. The van der Waals surface area contributed by atoms with Crippen molar-refractivity contribution < 1.29 is 8.78 Å². The third-order valence-corrected chi connectivity index (χ3v) is 5.35. The molecule has 29 heavy (non-hydrogen) atoms. The Morgan fingerprint density at radius 2 is 1.79 bits per heavy atom. The van der Waals surface area contributed by atoms with E-state index in [0.29, 0.717) is 37.1 Å². The van der Waals surface area contributed by atoms with Gasteiger partial charge in [-0.1, -0.05) is 0 Å². The molecule has 0 N–H and O–H groups in total. The van der Waals surface area contributed by atoms with Crippen LogP contribution in [-0.4, -0.2) is 27.2 Å². The second kappa shape index (κ2) is 7.13. The summed E-state index contributed by atoms with van der Waals surface area (Å²) in [7, 11) is 1.52. The number of fused-ring (bicyclic) bond motifs is 1. The van der Waals surface area contributed by atoms with Crippen LogP contribution < -0.4 is 16.0 Å². The molecule has 0 aliphatic carbocycles. The molecule has 0 radical (unpaired) electrons. The molecule has 0 amide bonds. The molecule has 1 fully saturated rings. The molecule has 1 aliphatic heterocycles. The third-order valence-electron chi connectivity index (χ3n) is 5.35. The number of anilines is 1. The van der Waals surface area contributed by atoms with Crippen LogP contribution in [0.3, 0.4) is 0 Å². The first kappa shape index (κ1) is 18.8. The number of benzene rings is 1. The first-order valence-electron chi connectivity index (χ1n) is 9.12. The van der Waals surface area contributed by atoms with Crippen LogP contribution in [-0.2, 0) is 7.05 Å². The van der Waals surface area contributed by atoms with E-state index in [0.717, 1.165) is 12.1 Å². The van der Waals surface area contributed by atoms with Crippen molar-refractivity contribution in [1.82, 2.24) is 14.1 Å². The summed E-state index contributed by atoms with van der Waals surface area (Å²) >= 11 is 0. The number of hydrogen-bond acceptors (Lipinski definition) is 5. The second-order valence-electron chi connectivity index (χ2n) is 7.00. The molecule has 9 heteroatoms. The number of pyridine rings is 1. The van der Waals surface area contributed by atoms with Gasteiger partial charge >= 0.3 is 11.1 Å². The number of nitrogens with zero attached hydrogens (tertiary/aromatic N) is 5. The number of hydrogen-bond donors (Lipinski definition) is 0. The van der Waals surface area contributed by atoms with Gasteiger partial charge in [0.05, 0.1) is 17.1 Å². The van der Waals surface area contributed by atoms with Crippen LogP contribution in [0.2, 0.25) is 0 Å². The summed E-state index contributed by atoms with van der Waals surface area (Å²) in [5.74, 6) is -1.59. The second-order valence-corrected chi connectivity index (χ2v) is 7.00. The van der Waals surface area contributed by atoms with Crippen molar-refractivity contribution in [3.05, 3.63) is 68.4 Å². The highest BCUT2D eigenvalue weighted by Gasteiger charge is 2.27. The average Bonchev–Trinajstić information content (AvgIpc) is 2.72. The van der Waals surface area contributed by atoms with Crippen LogP contribution in [0, 0.1) is 23.0 Å². The molecule has 1 aromatic carbocycles. The molecule has 0 saturated carbocycles. The van der Waals surface area contributed by atoms with Crippen LogP contribution in [0.4, 0.5) is 14.5 Å². The van der Waals surface area contributed by atoms with Gasteiger partial charge in [-0.15, -0.1) is 0 Å². The monoisotopic (exact) mass is 397 g/mol. The highest BCUT2D eigenvalue weighted by Crippen LogP contribution is 2.31. The molecule has 0 bridgehead atoms. The lowest BCUT2D eigenvalue weighted by atomic mass is 10.0. The zero-order valence-electron chi connectivity index (χ0n) is 15.6. The smallest absolute Gasteiger partial charge is 0.318 e. The molecule has 1 aliphatic rings. The van der Waals surface area contributed by atoms with E-state index >= 15 is 0 Å². The molecule has 0 spiro atoms. The van der Waals surface area contributed by atoms with Gasteiger partial charge in [0, 0.05) is 32.4 Å². The fourth-order valence-corrected chi connectivity index (χ4v) is 3.91. The zero-order chi connectivity index (χ0) is 20.7. The van der Waals surface area contributed by atoms with Gasteiger partial charge in [0.25, 0.3) is 0 Å². The molecule has 7 nitrogen and oxygen atoms in total. The molecule has 4 rings (SSSR count). The summed E-state index contributed by atoms with van der Waals surface area (Å²) in [5, 5.41) is 8.84. The zero-order valence-corrected chi connectivity index (χ0v) is 15.6. The molecule has 0 unspecified atom stereocenters. The van der Waals surface area contributed by atoms with Gasteiger partial charge in [0.15, 0.2) is 17.3 Å². The minimum Gasteiger partial charge on any atom is -0.367 e. The molecular formula is C20H17F2N5O2. The van der Waals surface area contributed by atoms with Crippen molar-refractivity contribution in [3.63, 3.8) is 0 Å². The van der Waals surface area contributed by atoms with Crippen LogP contribution >= 0.6 is 0 Å². The van der Waals surface area contributed by atoms with Gasteiger partial charge in [-0.2, -0.15) is 5.26 Å². The van der Waals surface area contributed by atoms with E-state index in [9.17, 15) is 18.4 Å². The molecule has 2 aromatic heterocycles. The number of halogens is 2. The Balaban J connectivity index is 1.68. The predicted molar refractivity (Wildman–Crippen MR) is 103 cm³/mol. The van der Waals surface area contributed by atoms with Crippen LogP contribution in [0.15, 0.2) is 40.1 Å². The maximum atomic E-state index is 14.3. The normalized spacial score (nSPS) is 14.9. The average molecular weight is 397 g/mol. The first-order chi connectivity index (χ1) is 13.9. The Bertz CT molecular complexity index is 1240. The van der Waals surface area contributed by atoms with Gasteiger partial charge in [0.1, 0.15) is 5.69 Å². The van der Waals surface area contributed by atoms with Crippen LogP contribution in [0.25, 0.3) is 11.2 Å². The maximum Gasteiger partial charge on any atom is 0.318 e. The Morgan fingerprint density at radius 3 is 2.41 bits per heavy atom. The molecule has 3 aromatic rings. The largest absolute Gasteiger partial charge is 0.367 e. The lowest BCUT2D eigenvalue weighted by molar-refractivity contribution is 0.387. The Morgan fingerprint density at radius 1 is 1.14 bits per heavy atom. The van der Waals surface area contributed by atoms with Gasteiger partial charge in [0.2, 0.25) is 0 Å². The van der Waals surface area contributed by atoms with E-state index < -0.39 is 22.8 Å². The summed E-state index contributed by atoms with van der Waals surface area (Å²) in [6.45, 7) is 0.584. The Kier molecular flexibility index (Phi) is 4.62. The fraction of sp³-hybridized carbons (Fsp3) is 0.300. The first-order valence-corrected chi connectivity index (χ1v) is 9.12.